The molecule has 13 heavy (non-hydrogen) atoms. The van der Waals surface area contributed by atoms with Gasteiger partial charge >= 0.3 is 17.4 Å². The molecule has 6 heteroatoms. The van der Waals surface area contributed by atoms with E-state index in [0.29, 0.717) is 10.8 Å². The Hall–Kier alpha value is -2.11. The SMILES string of the molecule is [N-]=[N+]1C2=C1C(=O)C(C(=O)O)=CC2=O. The van der Waals surface area contributed by atoms with Crippen molar-refractivity contribution in [1.82, 2.24) is 0 Å². The molecule has 1 heterocycles. The first-order valence-corrected chi connectivity index (χ1v) is 3.31. The Bertz CT molecular complexity index is 455. The lowest BCUT2D eigenvalue weighted by Gasteiger charge is -1.92. The topological polar surface area (TPSA) is 96.8 Å². The summed E-state index contributed by atoms with van der Waals surface area (Å²) in [5, 5.41) is 8.48. The maximum atomic E-state index is 11.1. The average Bonchev–Trinajstić information content (AvgIpc) is 2.70. The van der Waals surface area contributed by atoms with Crippen molar-refractivity contribution in [1.29, 1.82) is 0 Å². The predicted octanol–water partition coefficient (Wildman–Crippen LogP) is -0.592. The molecule has 64 valence electrons. The lowest BCUT2D eigenvalue weighted by molar-refractivity contribution is -0.341. The molecular weight excluding hydrogens is 176 g/mol. The highest BCUT2D eigenvalue weighted by Gasteiger charge is 2.53. The van der Waals surface area contributed by atoms with Crippen LogP contribution in [0.4, 0.5) is 0 Å². The number of hydrogen-bond donors (Lipinski definition) is 1. The second-order valence-electron chi connectivity index (χ2n) is 2.57. The van der Waals surface area contributed by atoms with Crippen molar-refractivity contribution in [3.63, 3.8) is 0 Å². The van der Waals surface area contributed by atoms with E-state index in [9.17, 15) is 14.4 Å². The molecule has 6 nitrogen and oxygen atoms in total. The fourth-order valence-electron chi connectivity index (χ4n) is 1.13. The fraction of sp³-hybridized carbons (Fsp3) is 0. The zero-order chi connectivity index (χ0) is 9.75. The fourth-order valence-corrected chi connectivity index (χ4v) is 1.13. The van der Waals surface area contributed by atoms with E-state index in [0.717, 1.165) is 0 Å². The highest BCUT2D eigenvalue weighted by atomic mass is 16.4. The second kappa shape index (κ2) is 1.98. The van der Waals surface area contributed by atoms with Crippen LogP contribution in [0.3, 0.4) is 0 Å². The molecule has 0 bridgehead atoms. The van der Waals surface area contributed by atoms with Crippen LogP contribution in [0, 0.1) is 0 Å². The van der Waals surface area contributed by atoms with Gasteiger partial charge in [-0.1, -0.05) is 0 Å². The first-order valence-electron chi connectivity index (χ1n) is 3.31. The second-order valence-corrected chi connectivity index (χ2v) is 2.57. The molecule has 0 saturated heterocycles. The summed E-state index contributed by atoms with van der Waals surface area (Å²) < 4.78 is 0.400. The molecule has 0 aromatic heterocycles. The van der Waals surface area contributed by atoms with Gasteiger partial charge in [0, 0.05) is 6.08 Å². The largest absolute Gasteiger partial charge is 0.493 e. The van der Waals surface area contributed by atoms with Crippen molar-refractivity contribution in [2.24, 2.45) is 0 Å². The van der Waals surface area contributed by atoms with Gasteiger partial charge in [0.15, 0.2) is 0 Å². The van der Waals surface area contributed by atoms with E-state index in [1.165, 1.54) is 0 Å². The van der Waals surface area contributed by atoms with Gasteiger partial charge in [-0.25, -0.2) is 9.49 Å². The van der Waals surface area contributed by atoms with Crippen LogP contribution >= 0.6 is 0 Å². The summed E-state index contributed by atoms with van der Waals surface area (Å²) in [6.45, 7) is 0. The molecule has 0 amide bonds. The minimum absolute atomic E-state index is 0.130. The molecule has 2 rings (SSSR count). The highest BCUT2D eigenvalue weighted by Crippen LogP contribution is 2.33. The van der Waals surface area contributed by atoms with Gasteiger partial charge in [0.1, 0.15) is 5.57 Å². The minimum atomic E-state index is -1.47. The Balaban J connectivity index is 2.48. The smallest absolute Gasteiger partial charge is 0.340 e. The number of carbonyl (C=O) groups is 3. The molecule has 0 radical (unpaired) electrons. The number of nitrogens with zero attached hydrogens (tertiary/aromatic N) is 2. The van der Waals surface area contributed by atoms with Crippen LogP contribution in [0.2, 0.25) is 0 Å². The number of aliphatic carboxylic acids is 1. The molecule has 0 aromatic rings. The summed E-state index contributed by atoms with van der Waals surface area (Å²) in [4.78, 5) is 32.5. The van der Waals surface area contributed by atoms with Gasteiger partial charge < -0.3 is 10.6 Å². The van der Waals surface area contributed by atoms with Crippen molar-refractivity contribution < 1.29 is 24.2 Å². The number of carboxylic acid groups (broad SMARTS) is 1. The summed E-state index contributed by atoms with van der Waals surface area (Å²) in [6, 6.07) is 0. The molecule has 1 aliphatic heterocycles. The molecule has 1 aliphatic carbocycles. The van der Waals surface area contributed by atoms with Crippen LogP contribution in [0.25, 0.3) is 5.53 Å². The molecule has 0 spiro atoms. The number of rotatable bonds is 1. The van der Waals surface area contributed by atoms with Gasteiger partial charge in [0.2, 0.25) is 0 Å². The van der Waals surface area contributed by atoms with Crippen LogP contribution in [0.15, 0.2) is 23.0 Å². The first-order chi connectivity index (χ1) is 6.04. The number of ketones is 2. The minimum Gasteiger partial charge on any atom is -0.493 e. The van der Waals surface area contributed by atoms with Crippen molar-refractivity contribution in [2.75, 3.05) is 0 Å². The van der Waals surface area contributed by atoms with E-state index >= 15 is 0 Å². The lowest BCUT2D eigenvalue weighted by Crippen LogP contribution is -2.15. The third-order valence-electron chi connectivity index (χ3n) is 1.80. The number of allylic oxidation sites excluding steroid dienone is 2. The number of carbonyl (C=O) groups excluding carboxylic acids is 2. The lowest BCUT2D eigenvalue weighted by atomic mass is 10.0. The Morgan fingerprint density at radius 2 is 2.00 bits per heavy atom. The zero-order valence-electron chi connectivity index (χ0n) is 6.14. The van der Waals surface area contributed by atoms with Gasteiger partial charge in [0.05, 0.1) is 0 Å². The van der Waals surface area contributed by atoms with Gasteiger partial charge in [-0.2, -0.15) is 0 Å². The number of carboxylic acids is 1. The number of hydrogen-bond acceptors (Lipinski definition) is 3. The molecule has 0 aromatic carbocycles. The van der Waals surface area contributed by atoms with Gasteiger partial charge in [-0.15, -0.1) is 0 Å². The van der Waals surface area contributed by atoms with E-state index in [1.54, 1.807) is 0 Å². The Morgan fingerprint density at radius 1 is 1.38 bits per heavy atom. The van der Waals surface area contributed by atoms with E-state index < -0.39 is 23.1 Å². The zero-order valence-corrected chi connectivity index (χ0v) is 6.14. The molecule has 0 fully saturated rings. The average molecular weight is 178 g/mol. The molecule has 1 N–H and O–H groups in total. The first kappa shape index (κ1) is 7.53. The van der Waals surface area contributed by atoms with Gasteiger partial charge in [-0.3, -0.25) is 9.59 Å². The summed E-state index contributed by atoms with van der Waals surface area (Å²) in [7, 11) is 0. The van der Waals surface area contributed by atoms with Crippen molar-refractivity contribution >= 4 is 17.5 Å². The summed E-state index contributed by atoms with van der Waals surface area (Å²) in [5.74, 6) is -2.95. The molecule has 2 aliphatic rings. The van der Waals surface area contributed by atoms with Crippen LogP contribution in [0.1, 0.15) is 0 Å². The molecular formula is C7H2N2O4. The standard InChI is InChI=1S/C7H2N2O4/c8-9-4-3(10)1-2(7(12)13)6(11)5(4)9/h1H,(H,12,13). The molecule has 0 atom stereocenters. The van der Waals surface area contributed by atoms with E-state index in [-0.39, 0.29) is 11.4 Å². The maximum absolute atomic E-state index is 11.1. The maximum Gasteiger partial charge on any atom is 0.340 e. The van der Waals surface area contributed by atoms with Gasteiger partial charge in [0.25, 0.3) is 11.6 Å². The Morgan fingerprint density at radius 3 is 2.54 bits per heavy atom. The predicted molar refractivity (Wildman–Crippen MR) is 36.4 cm³/mol. The highest BCUT2D eigenvalue weighted by molar-refractivity contribution is 6.32. The van der Waals surface area contributed by atoms with Crippen LogP contribution in [-0.4, -0.2) is 27.3 Å². The van der Waals surface area contributed by atoms with Crippen molar-refractivity contribution in [3.05, 3.63) is 28.6 Å². The summed E-state index contributed by atoms with van der Waals surface area (Å²) in [6.07, 6.45) is 0.708. The van der Waals surface area contributed by atoms with Crippen LogP contribution < -0.4 is 0 Å². The molecule has 0 unspecified atom stereocenters. The Labute approximate surface area is 71.3 Å². The molecule has 0 saturated carbocycles. The van der Waals surface area contributed by atoms with Crippen molar-refractivity contribution in [2.45, 2.75) is 0 Å². The van der Waals surface area contributed by atoms with Crippen molar-refractivity contribution in [3.8, 4) is 0 Å². The third kappa shape index (κ3) is 0.792. The Kier molecular flexibility index (Phi) is 1.15. The van der Waals surface area contributed by atoms with E-state index in [4.69, 9.17) is 10.6 Å². The third-order valence-corrected chi connectivity index (χ3v) is 1.80. The summed E-state index contributed by atoms with van der Waals surface area (Å²) >= 11 is 0. The summed E-state index contributed by atoms with van der Waals surface area (Å²) in [5.41, 5.74) is 7.89. The quantitative estimate of drug-likeness (QED) is 0.329. The van der Waals surface area contributed by atoms with E-state index in [1.807, 2.05) is 0 Å². The van der Waals surface area contributed by atoms with Gasteiger partial charge in [-0.05, 0) is 0 Å². The number of Topliss-reactive ketones (excluding diaryl/α,β-unsaturated/α-hetero) is 1. The van der Waals surface area contributed by atoms with E-state index in [2.05, 4.69) is 0 Å². The van der Waals surface area contributed by atoms with Crippen LogP contribution in [0.5, 0.6) is 0 Å². The van der Waals surface area contributed by atoms with Crippen LogP contribution in [-0.2, 0) is 14.4 Å². The monoisotopic (exact) mass is 178 g/mol. The normalized spacial score (nSPS) is 20.0.